The van der Waals surface area contributed by atoms with Crippen LogP contribution in [0.15, 0.2) is 39.3 Å². The van der Waals surface area contributed by atoms with Crippen molar-refractivity contribution in [2.75, 3.05) is 5.32 Å². The van der Waals surface area contributed by atoms with Crippen LogP contribution in [0.4, 0.5) is 14.5 Å². The molecule has 0 radical (unpaired) electrons. The van der Waals surface area contributed by atoms with Gasteiger partial charge in [0.15, 0.2) is 0 Å². The molecule has 0 saturated carbocycles. The first-order chi connectivity index (χ1) is 8.99. The van der Waals surface area contributed by atoms with Gasteiger partial charge < -0.3 is 10.4 Å². The van der Waals surface area contributed by atoms with Crippen LogP contribution in [-0.2, 0) is 6.54 Å². The Labute approximate surface area is 125 Å². The Morgan fingerprint density at radius 2 is 1.74 bits per heavy atom. The van der Waals surface area contributed by atoms with Crippen LogP contribution in [0.3, 0.4) is 0 Å². The van der Waals surface area contributed by atoms with Crippen molar-refractivity contribution < 1.29 is 13.9 Å². The third-order valence-electron chi connectivity index (χ3n) is 2.53. The Balaban J connectivity index is 2.22. The van der Waals surface area contributed by atoms with Gasteiger partial charge in [-0.1, -0.05) is 28.1 Å². The number of phenolic OH excluding ortho intramolecular Hbond substituents is 1. The highest BCUT2D eigenvalue weighted by Gasteiger charge is 2.11. The summed E-state index contributed by atoms with van der Waals surface area (Å²) < 4.78 is 28.0. The summed E-state index contributed by atoms with van der Waals surface area (Å²) in [6.45, 7) is 0.112. The third kappa shape index (κ3) is 3.25. The molecule has 0 bridgehead atoms. The SMILES string of the molecule is Oc1c(Br)cccc1CNc1c(F)cc(Br)cc1F. The zero-order chi connectivity index (χ0) is 14.0. The largest absolute Gasteiger partial charge is 0.506 e. The van der Waals surface area contributed by atoms with Crippen LogP contribution in [0.5, 0.6) is 5.75 Å². The molecule has 100 valence electrons. The van der Waals surface area contributed by atoms with E-state index in [2.05, 4.69) is 37.2 Å². The fourth-order valence-electron chi connectivity index (χ4n) is 1.60. The highest BCUT2D eigenvalue weighted by Crippen LogP contribution is 2.29. The molecular formula is C13H9Br2F2NO. The normalized spacial score (nSPS) is 10.5. The van der Waals surface area contributed by atoms with Gasteiger partial charge in [0.25, 0.3) is 0 Å². The van der Waals surface area contributed by atoms with E-state index in [9.17, 15) is 13.9 Å². The molecule has 0 spiro atoms. The minimum atomic E-state index is -0.693. The fourth-order valence-corrected chi connectivity index (χ4v) is 2.41. The van der Waals surface area contributed by atoms with Crippen LogP contribution in [-0.4, -0.2) is 5.11 Å². The number of hydrogen-bond donors (Lipinski definition) is 2. The van der Waals surface area contributed by atoms with Gasteiger partial charge in [0.05, 0.1) is 4.47 Å². The Hall–Kier alpha value is -1.14. The topological polar surface area (TPSA) is 32.3 Å². The van der Waals surface area contributed by atoms with Gasteiger partial charge in [0.2, 0.25) is 0 Å². The maximum atomic E-state index is 13.6. The predicted octanol–water partition coefficient (Wildman–Crippen LogP) is 4.81. The number of benzene rings is 2. The van der Waals surface area contributed by atoms with Gasteiger partial charge in [-0.2, -0.15) is 0 Å². The number of nitrogens with one attached hydrogen (secondary N) is 1. The van der Waals surface area contributed by atoms with E-state index < -0.39 is 11.6 Å². The van der Waals surface area contributed by atoms with Gasteiger partial charge in [-0.3, -0.25) is 0 Å². The number of hydrogen-bond acceptors (Lipinski definition) is 2. The van der Waals surface area contributed by atoms with E-state index in [0.717, 1.165) is 0 Å². The number of halogens is 4. The summed E-state index contributed by atoms with van der Waals surface area (Å²) in [6.07, 6.45) is 0. The lowest BCUT2D eigenvalue weighted by Crippen LogP contribution is -2.04. The number of anilines is 1. The monoisotopic (exact) mass is 391 g/mol. The van der Waals surface area contributed by atoms with Crippen molar-refractivity contribution in [1.82, 2.24) is 0 Å². The molecule has 2 aromatic rings. The molecule has 0 fully saturated rings. The lowest BCUT2D eigenvalue weighted by atomic mass is 10.2. The van der Waals surface area contributed by atoms with Crippen LogP contribution in [0, 0.1) is 11.6 Å². The first-order valence-corrected chi connectivity index (χ1v) is 6.92. The van der Waals surface area contributed by atoms with Crippen molar-refractivity contribution in [1.29, 1.82) is 0 Å². The molecule has 0 heterocycles. The summed E-state index contributed by atoms with van der Waals surface area (Å²) >= 11 is 6.19. The quantitative estimate of drug-likeness (QED) is 0.785. The summed E-state index contributed by atoms with van der Waals surface area (Å²) in [4.78, 5) is 0. The van der Waals surface area contributed by atoms with Crippen molar-refractivity contribution in [2.24, 2.45) is 0 Å². The Kier molecular flexibility index (Phi) is 4.42. The number of rotatable bonds is 3. The molecule has 2 aromatic carbocycles. The fraction of sp³-hybridized carbons (Fsp3) is 0.0769. The molecule has 0 atom stereocenters. The van der Waals surface area contributed by atoms with Crippen molar-refractivity contribution in [2.45, 2.75) is 6.54 Å². The molecular weight excluding hydrogens is 384 g/mol. The van der Waals surface area contributed by atoms with Gasteiger partial charge in [0.1, 0.15) is 23.1 Å². The Morgan fingerprint density at radius 1 is 1.11 bits per heavy atom. The molecule has 2 rings (SSSR count). The first kappa shape index (κ1) is 14.3. The minimum absolute atomic E-state index is 0.0490. The maximum absolute atomic E-state index is 13.6. The van der Waals surface area contributed by atoms with E-state index in [0.29, 0.717) is 14.5 Å². The highest BCUT2D eigenvalue weighted by molar-refractivity contribution is 9.10. The van der Waals surface area contributed by atoms with E-state index in [1.807, 2.05) is 0 Å². The summed E-state index contributed by atoms with van der Waals surface area (Å²) in [5.74, 6) is -1.34. The summed E-state index contributed by atoms with van der Waals surface area (Å²) in [6, 6.07) is 7.43. The van der Waals surface area contributed by atoms with Crippen LogP contribution >= 0.6 is 31.9 Å². The molecule has 0 unspecified atom stereocenters. The van der Waals surface area contributed by atoms with E-state index in [4.69, 9.17) is 0 Å². The molecule has 0 aliphatic carbocycles. The lowest BCUT2D eigenvalue weighted by Gasteiger charge is -2.11. The average Bonchev–Trinajstić information content (AvgIpc) is 2.33. The van der Waals surface area contributed by atoms with Crippen LogP contribution in [0.2, 0.25) is 0 Å². The highest BCUT2D eigenvalue weighted by atomic mass is 79.9. The smallest absolute Gasteiger partial charge is 0.150 e. The average molecular weight is 393 g/mol. The van der Waals surface area contributed by atoms with Crippen molar-refractivity contribution >= 4 is 37.5 Å². The Bertz CT molecular complexity index is 597. The van der Waals surface area contributed by atoms with Crippen LogP contribution in [0.1, 0.15) is 5.56 Å². The maximum Gasteiger partial charge on any atom is 0.150 e. The van der Waals surface area contributed by atoms with E-state index in [1.54, 1.807) is 18.2 Å². The van der Waals surface area contributed by atoms with Gasteiger partial charge in [0, 0.05) is 16.6 Å². The second kappa shape index (κ2) is 5.88. The van der Waals surface area contributed by atoms with Gasteiger partial charge >= 0.3 is 0 Å². The van der Waals surface area contributed by atoms with Crippen molar-refractivity contribution in [3.8, 4) is 5.75 Å². The molecule has 0 aromatic heterocycles. The third-order valence-corrected chi connectivity index (χ3v) is 3.63. The predicted molar refractivity (Wildman–Crippen MR) is 77.2 cm³/mol. The van der Waals surface area contributed by atoms with E-state index in [1.165, 1.54) is 12.1 Å². The molecule has 0 saturated heterocycles. The standard InChI is InChI=1S/C13H9Br2F2NO/c14-8-4-10(16)12(11(17)5-8)18-6-7-2-1-3-9(15)13(7)19/h1-5,18-19H,6H2. The molecule has 19 heavy (non-hydrogen) atoms. The zero-order valence-electron chi connectivity index (χ0n) is 9.55. The number of phenols is 1. The molecule has 0 aliphatic rings. The summed E-state index contributed by atoms with van der Waals surface area (Å²) in [7, 11) is 0. The van der Waals surface area contributed by atoms with Gasteiger partial charge in [-0.25, -0.2) is 8.78 Å². The van der Waals surface area contributed by atoms with Crippen molar-refractivity contribution in [3.63, 3.8) is 0 Å². The van der Waals surface area contributed by atoms with E-state index >= 15 is 0 Å². The molecule has 2 nitrogen and oxygen atoms in total. The first-order valence-electron chi connectivity index (χ1n) is 5.34. The Morgan fingerprint density at radius 3 is 2.37 bits per heavy atom. The van der Waals surface area contributed by atoms with Gasteiger partial charge in [-0.05, 0) is 34.1 Å². The lowest BCUT2D eigenvalue weighted by molar-refractivity contribution is 0.465. The molecule has 6 heteroatoms. The second-order valence-corrected chi connectivity index (χ2v) is 5.62. The minimum Gasteiger partial charge on any atom is -0.506 e. The molecule has 2 N–H and O–H groups in total. The number of para-hydroxylation sites is 1. The van der Waals surface area contributed by atoms with Crippen LogP contribution in [0.25, 0.3) is 0 Å². The van der Waals surface area contributed by atoms with Crippen molar-refractivity contribution in [3.05, 3.63) is 56.5 Å². The second-order valence-electron chi connectivity index (χ2n) is 3.85. The van der Waals surface area contributed by atoms with E-state index in [-0.39, 0.29) is 18.0 Å². The number of aromatic hydroxyl groups is 1. The molecule has 0 aliphatic heterocycles. The van der Waals surface area contributed by atoms with Crippen LogP contribution < -0.4 is 5.32 Å². The molecule has 0 amide bonds. The zero-order valence-corrected chi connectivity index (χ0v) is 12.7. The summed E-state index contributed by atoms with van der Waals surface area (Å²) in [5, 5.41) is 12.4. The summed E-state index contributed by atoms with van der Waals surface area (Å²) in [5.41, 5.74) is 0.318. The van der Waals surface area contributed by atoms with Gasteiger partial charge in [-0.15, -0.1) is 0 Å².